The number of carbonyl (C=O) groups excluding carboxylic acids is 1. The molecule has 0 saturated carbocycles. The van der Waals surface area contributed by atoms with Crippen molar-refractivity contribution in [2.45, 2.75) is 26.6 Å². The number of aliphatic imine (C=N–C) groups is 1. The van der Waals surface area contributed by atoms with E-state index in [1.165, 1.54) is 12.3 Å². The number of ether oxygens (including phenoxy) is 2. The molecule has 1 N–H and O–H groups in total. The Hall–Kier alpha value is -2.72. The van der Waals surface area contributed by atoms with Crippen LogP contribution in [0.5, 0.6) is 5.88 Å². The summed E-state index contributed by atoms with van der Waals surface area (Å²) < 4.78 is 46.1. The largest absolute Gasteiger partial charge is 0.468 e. The van der Waals surface area contributed by atoms with Crippen molar-refractivity contribution in [2.24, 2.45) is 4.99 Å². The summed E-state index contributed by atoms with van der Waals surface area (Å²) in [4.78, 5) is 24.0. The van der Waals surface area contributed by atoms with E-state index in [1.54, 1.807) is 17.9 Å². The molecule has 11 heteroatoms. The summed E-state index contributed by atoms with van der Waals surface area (Å²) in [6, 6.07) is 3.02. The van der Waals surface area contributed by atoms with E-state index >= 15 is 0 Å². The van der Waals surface area contributed by atoms with E-state index in [0.29, 0.717) is 51.8 Å². The first-order valence-electron chi connectivity index (χ1n) is 9.41. The van der Waals surface area contributed by atoms with Crippen LogP contribution in [0.4, 0.5) is 18.0 Å². The molecule has 0 unspecified atom stereocenters. The maximum Gasteiger partial charge on any atom is 0.422 e. The normalized spacial score (nSPS) is 15.3. The number of pyridine rings is 1. The molecular weight excluding hydrogens is 391 g/mol. The highest BCUT2D eigenvalue weighted by Gasteiger charge is 2.28. The minimum absolute atomic E-state index is 0.0861. The summed E-state index contributed by atoms with van der Waals surface area (Å²) in [5, 5.41) is 3.21. The van der Waals surface area contributed by atoms with Crippen molar-refractivity contribution in [3.63, 3.8) is 0 Å². The van der Waals surface area contributed by atoms with Crippen LogP contribution in [0.2, 0.25) is 0 Å². The highest BCUT2D eigenvalue weighted by Crippen LogP contribution is 2.17. The third-order valence-corrected chi connectivity index (χ3v) is 4.03. The zero-order chi connectivity index (χ0) is 21.3. The predicted octanol–water partition coefficient (Wildman–Crippen LogP) is 2.26. The Kier molecular flexibility index (Phi) is 8.34. The lowest BCUT2D eigenvalue weighted by molar-refractivity contribution is -0.154. The monoisotopic (exact) mass is 417 g/mol. The second kappa shape index (κ2) is 10.7. The first-order chi connectivity index (χ1) is 13.8. The Labute approximate surface area is 167 Å². The average molecular weight is 417 g/mol. The zero-order valence-corrected chi connectivity index (χ0v) is 16.5. The maximum absolute atomic E-state index is 12.2. The summed E-state index contributed by atoms with van der Waals surface area (Å²) in [5.41, 5.74) is 0.741. The van der Waals surface area contributed by atoms with Crippen LogP contribution in [0.1, 0.15) is 19.4 Å². The molecule has 1 aliphatic heterocycles. The van der Waals surface area contributed by atoms with Gasteiger partial charge < -0.3 is 24.6 Å². The Morgan fingerprint density at radius 1 is 1.21 bits per heavy atom. The van der Waals surface area contributed by atoms with Crippen LogP contribution < -0.4 is 10.1 Å². The molecule has 0 radical (unpaired) electrons. The molecule has 0 spiro atoms. The van der Waals surface area contributed by atoms with Gasteiger partial charge in [-0.2, -0.15) is 13.2 Å². The molecule has 29 heavy (non-hydrogen) atoms. The summed E-state index contributed by atoms with van der Waals surface area (Å²) in [7, 11) is 0. The molecule has 1 amide bonds. The van der Waals surface area contributed by atoms with Gasteiger partial charge in [0.1, 0.15) is 0 Å². The number of piperazine rings is 1. The Morgan fingerprint density at radius 3 is 2.45 bits per heavy atom. The molecule has 0 bridgehead atoms. The number of halogens is 3. The number of guanidine groups is 1. The van der Waals surface area contributed by atoms with Crippen molar-refractivity contribution in [3.8, 4) is 5.88 Å². The summed E-state index contributed by atoms with van der Waals surface area (Å²) in [5.74, 6) is 0.616. The van der Waals surface area contributed by atoms with Crippen LogP contribution in [-0.2, 0) is 11.3 Å². The number of carbonyl (C=O) groups is 1. The van der Waals surface area contributed by atoms with Gasteiger partial charge in [-0.15, -0.1) is 0 Å². The molecule has 1 fully saturated rings. The van der Waals surface area contributed by atoms with Gasteiger partial charge in [0.05, 0.1) is 13.2 Å². The Bertz CT molecular complexity index is 674. The van der Waals surface area contributed by atoms with Gasteiger partial charge in [-0.25, -0.2) is 14.8 Å². The summed E-state index contributed by atoms with van der Waals surface area (Å²) in [6.45, 7) is 6.00. The zero-order valence-electron chi connectivity index (χ0n) is 16.5. The third kappa shape index (κ3) is 7.66. The maximum atomic E-state index is 12.2. The molecule has 1 aromatic rings. The van der Waals surface area contributed by atoms with Gasteiger partial charge in [0, 0.05) is 45.0 Å². The van der Waals surface area contributed by atoms with Gasteiger partial charge in [0.2, 0.25) is 5.88 Å². The van der Waals surface area contributed by atoms with E-state index in [0.717, 1.165) is 5.56 Å². The fourth-order valence-corrected chi connectivity index (χ4v) is 2.65. The lowest BCUT2D eigenvalue weighted by Gasteiger charge is -2.35. The van der Waals surface area contributed by atoms with Crippen molar-refractivity contribution in [1.29, 1.82) is 0 Å². The number of aromatic nitrogens is 1. The van der Waals surface area contributed by atoms with Crippen LogP contribution in [0, 0.1) is 0 Å². The predicted molar refractivity (Wildman–Crippen MR) is 101 cm³/mol. The molecule has 1 saturated heterocycles. The van der Waals surface area contributed by atoms with Gasteiger partial charge in [-0.3, -0.25) is 0 Å². The highest BCUT2D eigenvalue weighted by atomic mass is 19.4. The highest BCUT2D eigenvalue weighted by molar-refractivity contribution is 5.80. The first-order valence-corrected chi connectivity index (χ1v) is 9.41. The fraction of sp³-hybridized carbons (Fsp3) is 0.611. The SMILES string of the molecule is CCNC(=NCc1ccc(OCC(F)(F)F)nc1)N1CCN(C(=O)OCC)CC1. The molecule has 8 nitrogen and oxygen atoms in total. The van der Waals surface area contributed by atoms with Crippen LogP contribution in [-0.4, -0.2) is 79.0 Å². The second-order valence-electron chi connectivity index (χ2n) is 6.25. The number of amides is 1. The minimum Gasteiger partial charge on any atom is -0.468 e. The number of nitrogens with zero attached hydrogens (tertiary/aromatic N) is 4. The lowest BCUT2D eigenvalue weighted by Crippen LogP contribution is -2.53. The van der Waals surface area contributed by atoms with Gasteiger partial charge in [0.25, 0.3) is 0 Å². The van der Waals surface area contributed by atoms with Gasteiger partial charge in [-0.05, 0) is 19.4 Å². The van der Waals surface area contributed by atoms with E-state index in [-0.39, 0.29) is 12.0 Å². The average Bonchev–Trinajstić information content (AvgIpc) is 2.70. The number of alkyl halides is 3. The molecule has 1 aromatic heterocycles. The number of rotatable bonds is 6. The van der Waals surface area contributed by atoms with Crippen molar-refractivity contribution >= 4 is 12.1 Å². The van der Waals surface area contributed by atoms with Crippen molar-refractivity contribution < 1.29 is 27.4 Å². The van der Waals surface area contributed by atoms with Gasteiger partial charge in [0.15, 0.2) is 12.6 Å². The third-order valence-electron chi connectivity index (χ3n) is 4.03. The standard InChI is InChI=1S/C18H26F3N5O3/c1-3-22-16(25-7-9-26(10-8-25)17(27)28-4-2)24-12-14-5-6-15(23-11-14)29-13-18(19,20)21/h5-6,11H,3-4,7-10,12-13H2,1-2H3,(H,22,24). The molecule has 0 aromatic carbocycles. The van der Waals surface area contributed by atoms with E-state index in [1.807, 2.05) is 11.8 Å². The van der Waals surface area contributed by atoms with Crippen LogP contribution in [0.25, 0.3) is 0 Å². The Morgan fingerprint density at radius 2 is 1.90 bits per heavy atom. The van der Waals surface area contributed by atoms with E-state index in [9.17, 15) is 18.0 Å². The van der Waals surface area contributed by atoms with Gasteiger partial charge >= 0.3 is 12.3 Å². The second-order valence-corrected chi connectivity index (χ2v) is 6.25. The van der Waals surface area contributed by atoms with Gasteiger partial charge in [-0.1, -0.05) is 6.07 Å². The van der Waals surface area contributed by atoms with Crippen LogP contribution in [0.15, 0.2) is 23.3 Å². The molecule has 0 aliphatic carbocycles. The Balaban J connectivity index is 1.91. The molecule has 2 heterocycles. The van der Waals surface area contributed by atoms with Crippen molar-refractivity contribution in [3.05, 3.63) is 23.9 Å². The lowest BCUT2D eigenvalue weighted by atomic mass is 10.3. The molecule has 1 aliphatic rings. The topological polar surface area (TPSA) is 79.3 Å². The summed E-state index contributed by atoms with van der Waals surface area (Å²) in [6.07, 6.45) is -3.27. The minimum atomic E-state index is -4.40. The molecule has 2 rings (SSSR count). The van der Waals surface area contributed by atoms with Crippen LogP contribution in [0.3, 0.4) is 0 Å². The molecule has 0 atom stereocenters. The smallest absolute Gasteiger partial charge is 0.422 e. The van der Waals surface area contributed by atoms with E-state index in [2.05, 4.69) is 20.0 Å². The fourth-order valence-electron chi connectivity index (χ4n) is 2.65. The molecule has 162 valence electrons. The van der Waals surface area contributed by atoms with E-state index < -0.39 is 12.8 Å². The number of hydrogen-bond donors (Lipinski definition) is 1. The van der Waals surface area contributed by atoms with Crippen LogP contribution >= 0.6 is 0 Å². The first kappa shape index (κ1) is 22.6. The summed E-state index contributed by atoms with van der Waals surface area (Å²) >= 11 is 0. The molecular formula is C18H26F3N5O3. The van der Waals surface area contributed by atoms with Crippen molar-refractivity contribution in [2.75, 3.05) is 45.9 Å². The quantitative estimate of drug-likeness (QED) is 0.565. The number of nitrogens with one attached hydrogen (secondary N) is 1. The van der Waals surface area contributed by atoms with Crippen molar-refractivity contribution in [1.82, 2.24) is 20.1 Å². The number of hydrogen-bond acceptors (Lipinski definition) is 5. The van der Waals surface area contributed by atoms with E-state index in [4.69, 9.17) is 4.74 Å².